The Hall–Kier alpha value is -1.30. The van der Waals surface area contributed by atoms with E-state index in [9.17, 15) is 0 Å². The average Bonchev–Trinajstić information content (AvgIpc) is 2.90. The van der Waals surface area contributed by atoms with Crippen LogP contribution in [0.3, 0.4) is 0 Å². The zero-order chi connectivity index (χ0) is 23.6. The predicted octanol–water partition coefficient (Wildman–Crippen LogP) is 10.7. The van der Waals surface area contributed by atoms with Crippen LogP contribution in [0.5, 0.6) is 0 Å². The summed E-state index contributed by atoms with van der Waals surface area (Å²) in [5, 5.41) is 0. The minimum atomic E-state index is 0.327. The van der Waals surface area contributed by atoms with E-state index in [2.05, 4.69) is 68.5 Å². The van der Waals surface area contributed by atoms with Crippen LogP contribution in [-0.2, 0) is 0 Å². The van der Waals surface area contributed by atoms with Gasteiger partial charge in [-0.25, -0.2) is 0 Å². The third-order valence-corrected chi connectivity index (χ3v) is 9.91. The molecule has 0 bridgehead atoms. The summed E-state index contributed by atoms with van der Waals surface area (Å²) in [6.07, 6.45) is 33.8. The van der Waals surface area contributed by atoms with Crippen molar-refractivity contribution in [1.82, 2.24) is 0 Å². The van der Waals surface area contributed by atoms with E-state index in [1.807, 2.05) is 0 Å². The first kappa shape index (κ1) is 25.8. The van der Waals surface area contributed by atoms with Crippen molar-refractivity contribution in [2.24, 2.45) is 29.1 Å². The molecule has 0 aliphatic heterocycles. The fourth-order valence-electron chi connectivity index (χ4n) is 7.70. The van der Waals surface area contributed by atoms with Crippen LogP contribution in [0.4, 0.5) is 0 Å². The van der Waals surface area contributed by atoms with Crippen LogP contribution >= 0.6 is 0 Å². The second-order valence-electron chi connectivity index (χ2n) is 12.1. The van der Waals surface area contributed by atoms with Crippen LogP contribution in [0.1, 0.15) is 128 Å². The van der Waals surface area contributed by atoms with E-state index < -0.39 is 0 Å². The van der Waals surface area contributed by atoms with Gasteiger partial charge in [0.25, 0.3) is 0 Å². The van der Waals surface area contributed by atoms with Crippen LogP contribution < -0.4 is 0 Å². The first-order chi connectivity index (χ1) is 16.7. The quantitative estimate of drug-likeness (QED) is 0.227. The molecule has 2 saturated carbocycles. The fraction of sp³-hybridized carbons (Fsp3) is 0.706. The van der Waals surface area contributed by atoms with Crippen LogP contribution in [0.25, 0.3) is 0 Å². The lowest BCUT2D eigenvalue weighted by Gasteiger charge is -2.49. The third-order valence-electron chi connectivity index (χ3n) is 9.91. The molecular weight excluding hydrogens is 408 g/mol. The van der Waals surface area contributed by atoms with Gasteiger partial charge in [-0.3, -0.25) is 0 Å². The zero-order valence-corrected chi connectivity index (χ0v) is 22.4. The van der Waals surface area contributed by atoms with E-state index in [4.69, 9.17) is 0 Å². The van der Waals surface area contributed by atoms with Crippen molar-refractivity contribution in [3.8, 4) is 0 Å². The molecule has 0 heteroatoms. The van der Waals surface area contributed by atoms with Gasteiger partial charge in [-0.05, 0) is 54.9 Å². The summed E-state index contributed by atoms with van der Waals surface area (Å²) in [7, 11) is 0. The van der Waals surface area contributed by atoms with E-state index in [0.717, 1.165) is 23.7 Å². The van der Waals surface area contributed by atoms with Crippen LogP contribution in [0.15, 0.2) is 54.6 Å². The fourth-order valence-corrected chi connectivity index (χ4v) is 7.70. The predicted molar refractivity (Wildman–Crippen MR) is 149 cm³/mol. The molecule has 3 aliphatic carbocycles. The van der Waals surface area contributed by atoms with Crippen molar-refractivity contribution in [2.45, 2.75) is 122 Å². The van der Waals surface area contributed by atoms with E-state index in [-0.39, 0.29) is 0 Å². The number of hydrogen-bond acceptors (Lipinski definition) is 0. The Morgan fingerprint density at radius 2 is 1.09 bits per heavy atom. The highest BCUT2D eigenvalue weighted by molar-refractivity contribution is 5.35. The third kappa shape index (κ3) is 6.47. The Balaban J connectivity index is 1.43. The SMILES string of the molecule is CCCCCC1CCC(C2(C3CCC(CCCCC)CC3)C=CC(c3ccccc3)C=C2)CC1. The maximum atomic E-state index is 2.73. The smallest absolute Gasteiger partial charge is 0.0199 e. The summed E-state index contributed by atoms with van der Waals surface area (Å²) >= 11 is 0. The lowest BCUT2D eigenvalue weighted by Crippen LogP contribution is -2.40. The molecule has 0 N–H and O–H groups in total. The van der Waals surface area contributed by atoms with Crippen LogP contribution in [0, 0.1) is 29.1 Å². The molecule has 0 saturated heterocycles. The summed E-state index contributed by atoms with van der Waals surface area (Å²) in [4.78, 5) is 0. The van der Waals surface area contributed by atoms with Gasteiger partial charge in [-0.15, -0.1) is 0 Å². The summed E-state index contributed by atoms with van der Waals surface area (Å²) in [5.41, 5.74) is 1.77. The minimum Gasteiger partial charge on any atom is -0.0771 e. The van der Waals surface area contributed by atoms with Crippen molar-refractivity contribution >= 4 is 0 Å². The van der Waals surface area contributed by atoms with Crippen molar-refractivity contribution in [1.29, 1.82) is 0 Å². The van der Waals surface area contributed by atoms with Gasteiger partial charge in [-0.2, -0.15) is 0 Å². The van der Waals surface area contributed by atoms with Crippen molar-refractivity contribution < 1.29 is 0 Å². The minimum absolute atomic E-state index is 0.327. The number of hydrogen-bond donors (Lipinski definition) is 0. The molecule has 0 nitrogen and oxygen atoms in total. The Kier molecular flexibility index (Phi) is 9.96. The largest absolute Gasteiger partial charge is 0.0771 e. The molecule has 0 radical (unpaired) electrons. The van der Waals surface area contributed by atoms with E-state index in [0.29, 0.717) is 11.3 Å². The van der Waals surface area contributed by atoms with Crippen molar-refractivity contribution in [3.05, 3.63) is 60.2 Å². The molecule has 0 atom stereocenters. The molecule has 2 fully saturated rings. The lowest BCUT2D eigenvalue weighted by molar-refractivity contribution is 0.0821. The molecular formula is C34H52. The van der Waals surface area contributed by atoms with Gasteiger partial charge in [0.2, 0.25) is 0 Å². The zero-order valence-electron chi connectivity index (χ0n) is 22.4. The maximum absolute atomic E-state index is 2.73. The molecule has 0 amide bonds. The molecule has 0 heterocycles. The Morgan fingerprint density at radius 3 is 1.53 bits per heavy atom. The topological polar surface area (TPSA) is 0 Å². The van der Waals surface area contributed by atoms with Crippen molar-refractivity contribution in [3.63, 3.8) is 0 Å². The van der Waals surface area contributed by atoms with E-state index in [1.165, 1.54) is 108 Å². The van der Waals surface area contributed by atoms with Gasteiger partial charge in [0, 0.05) is 11.3 Å². The van der Waals surface area contributed by atoms with Gasteiger partial charge in [0.1, 0.15) is 0 Å². The van der Waals surface area contributed by atoms with Crippen molar-refractivity contribution in [2.75, 3.05) is 0 Å². The highest BCUT2D eigenvalue weighted by atomic mass is 14.5. The molecule has 3 aliphatic rings. The second-order valence-corrected chi connectivity index (χ2v) is 12.1. The molecule has 0 unspecified atom stereocenters. The van der Waals surface area contributed by atoms with Gasteiger partial charge in [-0.1, -0.05) is 146 Å². The Labute approximate surface area is 211 Å². The molecule has 1 aromatic rings. The second kappa shape index (κ2) is 13.1. The summed E-state index contributed by atoms with van der Waals surface area (Å²) < 4.78 is 0. The van der Waals surface area contributed by atoms with Gasteiger partial charge >= 0.3 is 0 Å². The average molecular weight is 461 g/mol. The van der Waals surface area contributed by atoms with Gasteiger partial charge in [0.05, 0.1) is 0 Å². The van der Waals surface area contributed by atoms with Crippen LogP contribution in [-0.4, -0.2) is 0 Å². The highest BCUT2D eigenvalue weighted by Gasteiger charge is 2.44. The number of allylic oxidation sites excluding steroid dienone is 4. The lowest BCUT2D eigenvalue weighted by atomic mass is 9.55. The molecule has 1 aromatic carbocycles. The molecule has 4 rings (SSSR count). The van der Waals surface area contributed by atoms with Gasteiger partial charge < -0.3 is 0 Å². The highest BCUT2D eigenvalue weighted by Crippen LogP contribution is 2.54. The maximum Gasteiger partial charge on any atom is 0.0199 e. The summed E-state index contributed by atoms with van der Waals surface area (Å²) in [5.74, 6) is 4.19. The summed E-state index contributed by atoms with van der Waals surface area (Å²) in [6.45, 7) is 4.67. The molecule has 0 aromatic heterocycles. The standard InChI is InChI=1S/C34H52/c1-3-5-8-12-28-16-20-32(21-17-28)34(33-22-18-29(19-23-33)13-9-6-4-2)26-24-31(25-27-34)30-14-10-7-11-15-30/h7,10-11,14-15,24-29,31-33H,3-6,8-9,12-13,16-23H2,1-2H3. The first-order valence-corrected chi connectivity index (χ1v) is 15.2. The first-order valence-electron chi connectivity index (χ1n) is 15.2. The van der Waals surface area contributed by atoms with E-state index >= 15 is 0 Å². The van der Waals surface area contributed by atoms with Crippen LogP contribution in [0.2, 0.25) is 0 Å². The molecule has 34 heavy (non-hydrogen) atoms. The normalized spacial score (nSPS) is 33.8. The number of unbranched alkanes of at least 4 members (excludes halogenated alkanes) is 4. The van der Waals surface area contributed by atoms with Gasteiger partial charge in [0.15, 0.2) is 0 Å². The van der Waals surface area contributed by atoms with E-state index in [1.54, 1.807) is 0 Å². The summed E-state index contributed by atoms with van der Waals surface area (Å²) in [6, 6.07) is 11.1. The monoisotopic (exact) mass is 460 g/mol. The molecule has 0 spiro atoms. The Bertz CT molecular complexity index is 694. The Morgan fingerprint density at radius 1 is 0.618 bits per heavy atom. The number of benzene rings is 1. The number of rotatable bonds is 11. The molecule has 188 valence electrons.